The normalized spacial score (nSPS) is 22.0. The van der Waals surface area contributed by atoms with Gasteiger partial charge in [0, 0.05) is 14.2 Å². The molecule has 0 aliphatic heterocycles. The van der Waals surface area contributed by atoms with Gasteiger partial charge >= 0.3 is 0 Å². The van der Waals surface area contributed by atoms with Gasteiger partial charge in [-0.1, -0.05) is 26.2 Å². The molecule has 90 valence electrons. The van der Waals surface area contributed by atoms with Crippen molar-refractivity contribution in [3.05, 3.63) is 20.3 Å². The third-order valence-corrected chi connectivity index (χ3v) is 5.99. The zero-order valence-corrected chi connectivity index (χ0v) is 12.3. The summed E-state index contributed by atoms with van der Waals surface area (Å²) in [7, 11) is 0. The van der Waals surface area contributed by atoms with Gasteiger partial charge in [-0.2, -0.15) is 0 Å². The van der Waals surface area contributed by atoms with Gasteiger partial charge < -0.3 is 5.11 Å². The minimum atomic E-state index is -0.289. The van der Waals surface area contributed by atoms with E-state index in [9.17, 15) is 5.11 Å². The molecule has 1 N–H and O–H groups in total. The van der Waals surface area contributed by atoms with Gasteiger partial charge in [0.1, 0.15) is 0 Å². The van der Waals surface area contributed by atoms with E-state index < -0.39 is 0 Å². The molecule has 1 saturated carbocycles. The summed E-state index contributed by atoms with van der Waals surface area (Å²) in [5, 5.41) is 10.5. The molecule has 0 radical (unpaired) electrons. The number of aryl methyl sites for hydroxylation is 1. The maximum atomic E-state index is 10.5. The minimum absolute atomic E-state index is 0.0922. The van der Waals surface area contributed by atoms with Crippen LogP contribution in [0.2, 0.25) is 0 Å². The number of hydrogen-bond acceptors (Lipinski definition) is 2. The lowest BCUT2D eigenvalue weighted by Crippen LogP contribution is -2.27. The van der Waals surface area contributed by atoms with Crippen LogP contribution in [0.25, 0.3) is 0 Å². The Morgan fingerprint density at radius 3 is 2.50 bits per heavy atom. The molecule has 0 aromatic carbocycles. The van der Waals surface area contributed by atoms with Crippen LogP contribution in [0.4, 0.5) is 0 Å². The Morgan fingerprint density at radius 1 is 1.38 bits per heavy atom. The molecule has 0 bridgehead atoms. The lowest BCUT2D eigenvalue weighted by atomic mass is 9.71. The van der Waals surface area contributed by atoms with Gasteiger partial charge in [0.2, 0.25) is 0 Å². The van der Waals surface area contributed by atoms with Crippen molar-refractivity contribution in [1.29, 1.82) is 0 Å². The summed E-state index contributed by atoms with van der Waals surface area (Å²) in [5.74, 6) is 0. The molecule has 3 heteroatoms. The molecule has 1 heterocycles. The lowest BCUT2D eigenvalue weighted by Gasteiger charge is -2.37. The number of aliphatic hydroxyl groups is 1. The van der Waals surface area contributed by atoms with Crippen molar-refractivity contribution >= 4 is 27.3 Å². The molecule has 1 fully saturated rings. The molecule has 2 rings (SSSR count). The van der Waals surface area contributed by atoms with Crippen LogP contribution >= 0.6 is 27.3 Å². The number of halogens is 1. The van der Waals surface area contributed by atoms with Gasteiger partial charge in [0.15, 0.2) is 0 Å². The zero-order chi connectivity index (χ0) is 11.8. The predicted molar refractivity (Wildman–Crippen MR) is 72.9 cm³/mol. The fourth-order valence-electron chi connectivity index (χ4n) is 2.59. The average Bonchev–Trinajstić information content (AvgIpc) is 2.59. The molecular formula is C13H19BrOS. The maximum absolute atomic E-state index is 10.5. The van der Waals surface area contributed by atoms with Crippen molar-refractivity contribution in [2.75, 3.05) is 0 Å². The highest BCUT2D eigenvalue weighted by Crippen LogP contribution is 2.47. The summed E-state index contributed by atoms with van der Waals surface area (Å²) < 4.78 is 1.13. The Balaban J connectivity index is 2.20. The van der Waals surface area contributed by atoms with Crippen molar-refractivity contribution in [3.8, 4) is 0 Å². The van der Waals surface area contributed by atoms with E-state index in [-0.39, 0.29) is 11.5 Å². The molecule has 1 atom stereocenters. The van der Waals surface area contributed by atoms with E-state index in [1.54, 1.807) is 11.3 Å². The molecule has 1 aromatic rings. The van der Waals surface area contributed by atoms with Crippen LogP contribution in [0.5, 0.6) is 0 Å². The molecule has 0 saturated heterocycles. The van der Waals surface area contributed by atoms with Crippen LogP contribution in [0.3, 0.4) is 0 Å². The molecule has 1 unspecified atom stereocenters. The number of hydrogen-bond donors (Lipinski definition) is 1. The predicted octanol–water partition coefficient (Wildman–Crippen LogP) is 4.82. The van der Waals surface area contributed by atoms with Crippen molar-refractivity contribution < 1.29 is 5.11 Å². The van der Waals surface area contributed by atoms with Crippen molar-refractivity contribution in [2.45, 2.75) is 52.1 Å². The highest BCUT2D eigenvalue weighted by Gasteiger charge is 2.36. The Bertz CT molecular complexity index is 347. The second kappa shape index (κ2) is 4.79. The molecule has 0 spiro atoms. The third-order valence-electron chi connectivity index (χ3n) is 3.80. The highest BCUT2D eigenvalue weighted by molar-refractivity contribution is 9.10. The zero-order valence-electron chi connectivity index (χ0n) is 9.92. The Labute approximate surface area is 110 Å². The van der Waals surface area contributed by atoms with E-state index >= 15 is 0 Å². The molecule has 0 amide bonds. The summed E-state index contributed by atoms with van der Waals surface area (Å²) in [6.07, 6.45) is 5.88. The second-order valence-electron chi connectivity index (χ2n) is 5.17. The van der Waals surface area contributed by atoms with E-state index in [0.29, 0.717) is 0 Å². The molecule has 16 heavy (non-hydrogen) atoms. The summed E-state index contributed by atoms with van der Waals surface area (Å²) in [5.41, 5.74) is 0.0922. The number of thiophene rings is 1. The van der Waals surface area contributed by atoms with E-state index in [1.807, 2.05) is 0 Å². The van der Waals surface area contributed by atoms with Crippen molar-refractivity contribution in [2.24, 2.45) is 5.41 Å². The SMILES string of the molecule is Cc1sc(C(O)C2(C)CCCCC2)cc1Br. The summed E-state index contributed by atoms with van der Waals surface area (Å²) in [4.78, 5) is 2.38. The smallest absolute Gasteiger partial charge is 0.0935 e. The van der Waals surface area contributed by atoms with Gasteiger partial charge in [-0.05, 0) is 47.2 Å². The van der Waals surface area contributed by atoms with Gasteiger partial charge in [-0.3, -0.25) is 0 Å². The van der Waals surface area contributed by atoms with Crippen LogP contribution in [0.1, 0.15) is 54.9 Å². The first-order chi connectivity index (χ1) is 7.53. The molecule has 1 nitrogen and oxygen atoms in total. The number of rotatable bonds is 2. The average molecular weight is 303 g/mol. The first-order valence-electron chi connectivity index (χ1n) is 5.97. The van der Waals surface area contributed by atoms with E-state index in [0.717, 1.165) is 22.2 Å². The highest BCUT2D eigenvalue weighted by atomic mass is 79.9. The summed E-state index contributed by atoms with van der Waals surface area (Å²) in [6.45, 7) is 4.33. The van der Waals surface area contributed by atoms with E-state index in [4.69, 9.17) is 0 Å². The Morgan fingerprint density at radius 2 is 2.00 bits per heavy atom. The van der Waals surface area contributed by atoms with Crippen molar-refractivity contribution in [1.82, 2.24) is 0 Å². The monoisotopic (exact) mass is 302 g/mol. The first-order valence-corrected chi connectivity index (χ1v) is 7.58. The maximum Gasteiger partial charge on any atom is 0.0935 e. The van der Waals surface area contributed by atoms with Gasteiger partial charge in [-0.15, -0.1) is 11.3 Å². The van der Waals surface area contributed by atoms with Crippen molar-refractivity contribution in [3.63, 3.8) is 0 Å². The molecule has 1 aliphatic rings. The summed E-state index contributed by atoms with van der Waals surface area (Å²) >= 11 is 5.24. The minimum Gasteiger partial charge on any atom is -0.387 e. The van der Waals surface area contributed by atoms with E-state index in [2.05, 4.69) is 35.8 Å². The van der Waals surface area contributed by atoms with E-state index in [1.165, 1.54) is 24.1 Å². The van der Waals surface area contributed by atoms with Crippen LogP contribution in [0, 0.1) is 12.3 Å². The molecule has 1 aromatic heterocycles. The fourth-order valence-corrected chi connectivity index (χ4v) is 4.32. The second-order valence-corrected chi connectivity index (χ2v) is 7.31. The van der Waals surface area contributed by atoms with Crippen LogP contribution in [-0.4, -0.2) is 5.11 Å². The fraction of sp³-hybridized carbons (Fsp3) is 0.692. The van der Waals surface area contributed by atoms with Crippen LogP contribution < -0.4 is 0 Å². The molecular weight excluding hydrogens is 284 g/mol. The standard InChI is InChI=1S/C13H19BrOS/c1-9-10(14)8-11(16-9)12(15)13(2)6-4-3-5-7-13/h8,12,15H,3-7H2,1-2H3. The Kier molecular flexibility index (Phi) is 3.77. The quantitative estimate of drug-likeness (QED) is 0.830. The van der Waals surface area contributed by atoms with Crippen LogP contribution in [0.15, 0.2) is 10.5 Å². The lowest BCUT2D eigenvalue weighted by molar-refractivity contribution is 0.0107. The van der Waals surface area contributed by atoms with Gasteiger partial charge in [-0.25, -0.2) is 0 Å². The largest absolute Gasteiger partial charge is 0.387 e. The summed E-state index contributed by atoms with van der Waals surface area (Å²) in [6, 6.07) is 2.09. The van der Waals surface area contributed by atoms with Gasteiger partial charge in [0.05, 0.1) is 6.10 Å². The number of aliphatic hydroxyl groups excluding tert-OH is 1. The first kappa shape index (κ1) is 12.6. The molecule has 1 aliphatic carbocycles. The van der Waals surface area contributed by atoms with Crippen LogP contribution in [-0.2, 0) is 0 Å². The van der Waals surface area contributed by atoms with Gasteiger partial charge in [0.25, 0.3) is 0 Å². The third kappa shape index (κ3) is 2.36. The topological polar surface area (TPSA) is 20.2 Å². The Hall–Kier alpha value is 0.140.